The van der Waals surface area contributed by atoms with Crippen LogP contribution in [0.15, 0.2) is 0 Å². The maximum atomic E-state index is 11.8. The number of ether oxygens (including phenoxy) is 1. The number of fused-ring (bicyclic) bond motifs is 1. The molecule has 0 amide bonds. The molecule has 0 radical (unpaired) electrons. The molecule has 0 aromatic carbocycles. The Morgan fingerprint density at radius 1 is 1.40 bits per heavy atom. The maximum absolute atomic E-state index is 11.8. The lowest BCUT2D eigenvalue weighted by molar-refractivity contribution is -0.129. The van der Waals surface area contributed by atoms with Crippen molar-refractivity contribution in [3.05, 3.63) is 11.4 Å². The van der Waals surface area contributed by atoms with Crippen molar-refractivity contribution in [3.63, 3.8) is 0 Å². The Morgan fingerprint density at radius 2 is 2.20 bits per heavy atom. The van der Waals surface area contributed by atoms with Crippen LogP contribution >= 0.6 is 0 Å². The minimum Gasteiger partial charge on any atom is -0.364 e. The van der Waals surface area contributed by atoms with Gasteiger partial charge in [0.25, 0.3) is 0 Å². The number of carbonyl (C=O) groups excluding carboxylic acids is 1. The smallest absolute Gasteiger partial charge is 0.161 e. The number of rotatable bonds is 5. The molecule has 0 saturated carbocycles. The molecule has 1 atom stereocenters. The zero-order valence-corrected chi connectivity index (χ0v) is 12.8. The van der Waals surface area contributed by atoms with E-state index in [9.17, 15) is 4.79 Å². The van der Waals surface area contributed by atoms with Crippen LogP contribution in [0.5, 0.6) is 0 Å². The third-order valence-electron chi connectivity index (χ3n) is 3.90. The lowest BCUT2D eigenvalue weighted by atomic mass is 9.98. The summed E-state index contributed by atoms with van der Waals surface area (Å²) in [4.78, 5) is 11.8. The van der Waals surface area contributed by atoms with Crippen molar-refractivity contribution >= 4 is 5.78 Å². The van der Waals surface area contributed by atoms with E-state index in [4.69, 9.17) is 4.74 Å². The van der Waals surface area contributed by atoms with E-state index in [0.29, 0.717) is 0 Å². The third kappa shape index (κ3) is 3.45. The van der Waals surface area contributed by atoms with E-state index in [1.54, 1.807) is 0 Å². The quantitative estimate of drug-likeness (QED) is 0.831. The molecule has 20 heavy (non-hydrogen) atoms. The molecule has 1 aliphatic rings. The van der Waals surface area contributed by atoms with Gasteiger partial charge in [0.15, 0.2) is 5.78 Å². The van der Waals surface area contributed by atoms with Crippen LogP contribution in [-0.4, -0.2) is 27.4 Å². The minimum atomic E-state index is -0.0389. The molecule has 5 nitrogen and oxygen atoms in total. The predicted molar refractivity (Wildman–Crippen MR) is 76.4 cm³/mol. The van der Waals surface area contributed by atoms with Crippen molar-refractivity contribution in [2.75, 3.05) is 6.61 Å². The molecule has 112 valence electrons. The Kier molecular flexibility index (Phi) is 5.29. The Balaban J connectivity index is 2.15. The SMILES string of the molecule is CCn1nnc2c1C(OCC(=O)C(C)C)CCCCC2. The van der Waals surface area contributed by atoms with Gasteiger partial charge in [-0.1, -0.05) is 31.9 Å². The second-order valence-electron chi connectivity index (χ2n) is 5.76. The number of Topliss-reactive ketones (excluding diaryl/α,β-unsaturated/α-hetero) is 1. The summed E-state index contributed by atoms with van der Waals surface area (Å²) >= 11 is 0. The van der Waals surface area contributed by atoms with Gasteiger partial charge in [-0.2, -0.15) is 0 Å². The molecule has 0 fully saturated rings. The normalized spacial score (nSPS) is 19.5. The molecule has 0 bridgehead atoms. The molecule has 1 unspecified atom stereocenters. The highest BCUT2D eigenvalue weighted by Crippen LogP contribution is 2.29. The van der Waals surface area contributed by atoms with Crippen LogP contribution in [0.1, 0.15) is 63.9 Å². The molecule has 0 spiro atoms. The van der Waals surface area contributed by atoms with Crippen molar-refractivity contribution in [2.45, 2.75) is 65.5 Å². The number of aromatic nitrogens is 3. The average molecular weight is 279 g/mol. The molecule has 1 aromatic heterocycles. The van der Waals surface area contributed by atoms with Crippen molar-refractivity contribution in [2.24, 2.45) is 5.92 Å². The van der Waals surface area contributed by atoms with E-state index in [1.165, 1.54) is 6.42 Å². The molecule has 1 aromatic rings. The molecule has 1 aliphatic carbocycles. The Morgan fingerprint density at radius 3 is 2.90 bits per heavy atom. The zero-order valence-electron chi connectivity index (χ0n) is 12.8. The molecular formula is C15H25N3O2. The highest BCUT2D eigenvalue weighted by atomic mass is 16.5. The fourth-order valence-electron chi connectivity index (χ4n) is 2.57. The topological polar surface area (TPSA) is 57.0 Å². The zero-order chi connectivity index (χ0) is 14.5. The van der Waals surface area contributed by atoms with Gasteiger partial charge in [0, 0.05) is 12.5 Å². The number of hydrogen-bond acceptors (Lipinski definition) is 4. The largest absolute Gasteiger partial charge is 0.364 e. The monoisotopic (exact) mass is 279 g/mol. The summed E-state index contributed by atoms with van der Waals surface area (Å²) in [5.74, 6) is 0.182. The summed E-state index contributed by atoms with van der Waals surface area (Å²) in [6.07, 6.45) is 5.36. The molecule has 1 heterocycles. The van der Waals surface area contributed by atoms with Crippen molar-refractivity contribution in [3.8, 4) is 0 Å². The second kappa shape index (κ2) is 6.97. The first-order valence-electron chi connectivity index (χ1n) is 7.70. The highest BCUT2D eigenvalue weighted by Gasteiger charge is 2.25. The second-order valence-corrected chi connectivity index (χ2v) is 5.76. The van der Waals surface area contributed by atoms with Gasteiger partial charge in [-0.15, -0.1) is 5.10 Å². The van der Waals surface area contributed by atoms with E-state index >= 15 is 0 Å². The van der Waals surface area contributed by atoms with E-state index in [0.717, 1.165) is 43.6 Å². The van der Waals surface area contributed by atoms with Crippen LogP contribution in [0.2, 0.25) is 0 Å². The van der Waals surface area contributed by atoms with Crippen LogP contribution < -0.4 is 0 Å². The van der Waals surface area contributed by atoms with Crippen molar-refractivity contribution in [1.82, 2.24) is 15.0 Å². The van der Waals surface area contributed by atoms with Gasteiger partial charge < -0.3 is 4.74 Å². The van der Waals surface area contributed by atoms with E-state index < -0.39 is 0 Å². The van der Waals surface area contributed by atoms with Gasteiger partial charge in [-0.05, 0) is 26.2 Å². The molecule has 5 heteroatoms. The maximum Gasteiger partial charge on any atom is 0.161 e. The third-order valence-corrected chi connectivity index (χ3v) is 3.90. The summed E-state index contributed by atoms with van der Waals surface area (Å²) in [5, 5.41) is 8.50. The van der Waals surface area contributed by atoms with Crippen LogP contribution in [-0.2, 0) is 22.5 Å². The molecule has 0 aliphatic heterocycles. The first-order valence-corrected chi connectivity index (χ1v) is 7.70. The first-order chi connectivity index (χ1) is 9.63. The lowest BCUT2D eigenvalue weighted by Crippen LogP contribution is -2.20. The van der Waals surface area contributed by atoms with E-state index in [2.05, 4.69) is 17.2 Å². The number of carbonyl (C=O) groups is 1. The fourth-order valence-corrected chi connectivity index (χ4v) is 2.57. The van der Waals surface area contributed by atoms with Crippen LogP contribution in [0, 0.1) is 5.92 Å². The summed E-state index contributed by atoms with van der Waals surface area (Å²) in [5.41, 5.74) is 2.14. The van der Waals surface area contributed by atoms with Crippen LogP contribution in [0.25, 0.3) is 0 Å². The van der Waals surface area contributed by atoms with Gasteiger partial charge in [0.05, 0.1) is 11.4 Å². The molecular weight excluding hydrogens is 254 g/mol. The van der Waals surface area contributed by atoms with Crippen molar-refractivity contribution < 1.29 is 9.53 Å². The standard InChI is InChI=1S/C15H25N3O2/c1-4-18-15-12(16-17-18)8-6-5-7-9-14(15)20-10-13(19)11(2)3/h11,14H,4-10H2,1-3H3. The summed E-state index contributed by atoms with van der Waals surface area (Å²) in [7, 11) is 0. The molecule has 0 saturated heterocycles. The molecule has 0 N–H and O–H groups in total. The molecule has 2 rings (SSSR count). The fraction of sp³-hybridized carbons (Fsp3) is 0.800. The number of ketones is 1. The predicted octanol–water partition coefficient (Wildman–Crippen LogP) is 2.70. The minimum absolute atomic E-state index is 0.0252. The Bertz CT molecular complexity index is 454. The van der Waals surface area contributed by atoms with Gasteiger partial charge in [-0.25, -0.2) is 4.68 Å². The number of hydrogen-bond donors (Lipinski definition) is 0. The van der Waals surface area contributed by atoms with E-state index in [-0.39, 0.29) is 24.4 Å². The van der Waals surface area contributed by atoms with Gasteiger partial charge >= 0.3 is 0 Å². The van der Waals surface area contributed by atoms with Gasteiger partial charge in [-0.3, -0.25) is 4.79 Å². The average Bonchev–Trinajstić information content (AvgIpc) is 2.80. The van der Waals surface area contributed by atoms with Crippen LogP contribution in [0.3, 0.4) is 0 Å². The summed E-state index contributed by atoms with van der Waals surface area (Å²) in [6.45, 7) is 6.86. The van der Waals surface area contributed by atoms with E-state index in [1.807, 2.05) is 18.5 Å². The van der Waals surface area contributed by atoms with Crippen LogP contribution in [0.4, 0.5) is 0 Å². The Hall–Kier alpha value is -1.23. The van der Waals surface area contributed by atoms with Crippen molar-refractivity contribution in [1.29, 1.82) is 0 Å². The first kappa shape index (κ1) is 15.2. The number of nitrogens with zero attached hydrogens (tertiary/aromatic N) is 3. The summed E-state index contributed by atoms with van der Waals surface area (Å²) < 4.78 is 7.84. The highest BCUT2D eigenvalue weighted by molar-refractivity contribution is 5.81. The van der Waals surface area contributed by atoms with Gasteiger partial charge in [0.1, 0.15) is 12.7 Å². The van der Waals surface area contributed by atoms with Gasteiger partial charge in [0.2, 0.25) is 0 Å². The lowest BCUT2D eigenvalue weighted by Gasteiger charge is -2.21. The number of aryl methyl sites for hydroxylation is 2. The summed E-state index contributed by atoms with van der Waals surface area (Å²) in [6, 6.07) is 0. The Labute approximate surface area is 120 Å².